The summed E-state index contributed by atoms with van der Waals surface area (Å²) >= 11 is 0. The monoisotopic (exact) mass is 320 g/mol. The van der Waals surface area contributed by atoms with E-state index in [1.165, 1.54) is 17.6 Å². The molecule has 3 nitrogen and oxygen atoms in total. The predicted molar refractivity (Wildman–Crippen MR) is 95.3 cm³/mol. The summed E-state index contributed by atoms with van der Waals surface area (Å²) in [6, 6.07) is 0. The van der Waals surface area contributed by atoms with Gasteiger partial charge in [0.2, 0.25) is 0 Å². The first-order valence-corrected chi connectivity index (χ1v) is 8.81. The summed E-state index contributed by atoms with van der Waals surface area (Å²) in [5.74, 6) is 0.207. The zero-order valence-corrected chi connectivity index (χ0v) is 15.0. The fourth-order valence-electron chi connectivity index (χ4n) is 2.48. The second-order valence-electron chi connectivity index (χ2n) is 6.24. The highest BCUT2D eigenvalue weighted by molar-refractivity contribution is 5.89. The maximum Gasteiger partial charge on any atom is 0.157 e. The van der Waals surface area contributed by atoms with Gasteiger partial charge in [0.05, 0.1) is 6.61 Å². The van der Waals surface area contributed by atoms with Crippen LogP contribution in [0.15, 0.2) is 35.5 Å². The van der Waals surface area contributed by atoms with Crippen molar-refractivity contribution < 1.29 is 14.3 Å². The van der Waals surface area contributed by atoms with E-state index in [0.29, 0.717) is 13.0 Å². The zero-order chi connectivity index (χ0) is 16.9. The molecule has 0 spiro atoms. The summed E-state index contributed by atoms with van der Waals surface area (Å²) in [5.41, 5.74) is 2.64. The quantitative estimate of drug-likeness (QED) is 0.413. The minimum absolute atomic E-state index is 0.00959. The highest BCUT2D eigenvalue weighted by Crippen LogP contribution is 2.14. The number of carbonyl (C=O) groups excluding carboxylic acids is 1. The Hall–Kier alpha value is -1.19. The third kappa shape index (κ3) is 10.2. The first-order valence-electron chi connectivity index (χ1n) is 8.81. The lowest BCUT2D eigenvalue weighted by molar-refractivity contribution is -0.155. The molecule has 3 heteroatoms. The Kier molecular flexibility index (Phi) is 10.6. The van der Waals surface area contributed by atoms with Gasteiger partial charge >= 0.3 is 0 Å². The molecule has 1 rings (SSSR count). The first kappa shape index (κ1) is 19.9. The van der Waals surface area contributed by atoms with Crippen molar-refractivity contribution in [2.24, 2.45) is 0 Å². The number of ketones is 1. The van der Waals surface area contributed by atoms with Crippen LogP contribution in [0.3, 0.4) is 0 Å². The van der Waals surface area contributed by atoms with Crippen LogP contribution in [0.5, 0.6) is 0 Å². The van der Waals surface area contributed by atoms with Gasteiger partial charge in [0, 0.05) is 13.0 Å². The Labute approximate surface area is 141 Å². The molecule has 0 amide bonds. The fraction of sp³-hybridized carbons (Fsp3) is 0.650. The van der Waals surface area contributed by atoms with E-state index in [-0.39, 0.29) is 12.1 Å². The van der Waals surface area contributed by atoms with Crippen LogP contribution in [-0.4, -0.2) is 25.3 Å². The molecule has 1 fully saturated rings. The highest BCUT2D eigenvalue weighted by Gasteiger charge is 2.12. The summed E-state index contributed by atoms with van der Waals surface area (Å²) in [5, 5.41) is 0. The number of allylic oxidation sites excluding steroid dienone is 5. The maximum atomic E-state index is 11.4. The SMILES string of the molecule is CC=CC(=O)CCC(C)=CCCC(C)=CCOC1CCCCO1. The summed E-state index contributed by atoms with van der Waals surface area (Å²) in [4.78, 5) is 11.4. The molecule has 0 aromatic heterocycles. The fourth-order valence-corrected chi connectivity index (χ4v) is 2.48. The predicted octanol–water partition coefficient (Wildman–Crippen LogP) is 5.13. The van der Waals surface area contributed by atoms with Gasteiger partial charge in [-0.25, -0.2) is 0 Å². The third-order valence-corrected chi connectivity index (χ3v) is 4.00. The van der Waals surface area contributed by atoms with Gasteiger partial charge in [-0.2, -0.15) is 0 Å². The second-order valence-corrected chi connectivity index (χ2v) is 6.24. The van der Waals surface area contributed by atoms with Crippen molar-refractivity contribution in [3.05, 3.63) is 35.5 Å². The van der Waals surface area contributed by atoms with Gasteiger partial charge in [-0.3, -0.25) is 4.79 Å². The molecule has 1 heterocycles. The summed E-state index contributed by atoms with van der Waals surface area (Å²) in [6.07, 6.45) is 14.7. The molecule has 23 heavy (non-hydrogen) atoms. The summed E-state index contributed by atoms with van der Waals surface area (Å²) in [6.45, 7) is 7.58. The summed E-state index contributed by atoms with van der Waals surface area (Å²) < 4.78 is 11.3. The second kappa shape index (κ2) is 12.3. The number of hydrogen-bond donors (Lipinski definition) is 0. The zero-order valence-electron chi connectivity index (χ0n) is 15.0. The molecule has 1 saturated heterocycles. The highest BCUT2D eigenvalue weighted by atomic mass is 16.7. The van der Waals surface area contributed by atoms with Gasteiger partial charge in [-0.15, -0.1) is 0 Å². The van der Waals surface area contributed by atoms with Crippen molar-refractivity contribution in [2.45, 2.75) is 72.0 Å². The van der Waals surface area contributed by atoms with Gasteiger partial charge in [0.15, 0.2) is 12.1 Å². The van der Waals surface area contributed by atoms with Crippen molar-refractivity contribution in [1.82, 2.24) is 0 Å². The van der Waals surface area contributed by atoms with Crippen LogP contribution in [0.2, 0.25) is 0 Å². The largest absolute Gasteiger partial charge is 0.353 e. The van der Waals surface area contributed by atoms with Gasteiger partial charge in [0.25, 0.3) is 0 Å². The number of hydrogen-bond acceptors (Lipinski definition) is 3. The lowest BCUT2D eigenvalue weighted by Crippen LogP contribution is -2.22. The van der Waals surface area contributed by atoms with Crippen LogP contribution in [0.4, 0.5) is 0 Å². The average Bonchev–Trinajstić information content (AvgIpc) is 2.54. The number of rotatable bonds is 10. The van der Waals surface area contributed by atoms with Crippen molar-refractivity contribution in [2.75, 3.05) is 13.2 Å². The van der Waals surface area contributed by atoms with Crippen molar-refractivity contribution in [3.63, 3.8) is 0 Å². The van der Waals surface area contributed by atoms with E-state index in [9.17, 15) is 4.79 Å². The van der Waals surface area contributed by atoms with Crippen LogP contribution in [0, 0.1) is 0 Å². The molecular weight excluding hydrogens is 288 g/mol. The van der Waals surface area contributed by atoms with E-state index in [1.807, 2.05) is 6.92 Å². The van der Waals surface area contributed by atoms with Gasteiger partial charge < -0.3 is 9.47 Å². The molecule has 1 atom stereocenters. The molecule has 1 aliphatic rings. The molecule has 1 unspecified atom stereocenters. The van der Waals surface area contributed by atoms with Crippen LogP contribution in [0.1, 0.15) is 65.7 Å². The Bertz CT molecular complexity index is 426. The van der Waals surface area contributed by atoms with Gasteiger partial charge in [-0.05, 0) is 65.4 Å². The molecule has 0 N–H and O–H groups in total. The Morgan fingerprint density at radius 2 is 1.91 bits per heavy atom. The average molecular weight is 320 g/mol. The summed E-state index contributed by atoms with van der Waals surface area (Å²) in [7, 11) is 0. The molecule has 1 aliphatic heterocycles. The molecular formula is C20H32O3. The van der Waals surface area contributed by atoms with Crippen LogP contribution >= 0.6 is 0 Å². The normalized spacial score (nSPS) is 20.2. The van der Waals surface area contributed by atoms with Gasteiger partial charge in [0.1, 0.15) is 0 Å². The Morgan fingerprint density at radius 1 is 1.13 bits per heavy atom. The van der Waals surface area contributed by atoms with Crippen LogP contribution < -0.4 is 0 Å². The maximum absolute atomic E-state index is 11.4. The number of carbonyl (C=O) groups is 1. The van der Waals surface area contributed by atoms with E-state index < -0.39 is 0 Å². The minimum atomic E-state index is -0.00959. The van der Waals surface area contributed by atoms with E-state index in [4.69, 9.17) is 9.47 Å². The van der Waals surface area contributed by atoms with E-state index in [0.717, 1.165) is 38.7 Å². The molecule has 0 aromatic rings. The standard InChI is InChI=1S/C20H32O3/c1-4-8-19(21)13-12-17(2)9-7-10-18(3)14-16-23-20-11-5-6-15-22-20/h4,8-9,14,20H,5-7,10-13,15-16H2,1-3H3. The van der Waals surface area contributed by atoms with Crippen LogP contribution in [-0.2, 0) is 14.3 Å². The molecule has 0 saturated carbocycles. The van der Waals surface area contributed by atoms with E-state index in [2.05, 4.69) is 26.0 Å². The number of ether oxygens (including phenoxy) is 2. The molecule has 0 radical (unpaired) electrons. The lowest BCUT2D eigenvalue weighted by atomic mass is 10.1. The third-order valence-electron chi connectivity index (χ3n) is 4.00. The van der Waals surface area contributed by atoms with Gasteiger partial charge in [-0.1, -0.05) is 29.4 Å². The Balaban J connectivity index is 2.15. The topological polar surface area (TPSA) is 35.5 Å². The van der Waals surface area contributed by atoms with E-state index in [1.54, 1.807) is 12.2 Å². The van der Waals surface area contributed by atoms with Crippen molar-refractivity contribution >= 4 is 5.78 Å². The van der Waals surface area contributed by atoms with Crippen molar-refractivity contribution in [1.29, 1.82) is 0 Å². The van der Waals surface area contributed by atoms with E-state index >= 15 is 0 Å². The first-order chi connectivity index (χ1) is 11.1. The molecule has 130 valence electrons. The Morgan fingerprint density at radius 3 is 2.61 bits per heavy atom. The smallest absolute Gasteiger partial charge is 0.157 e. The molecule has 0 aromatic carbocycles. The van der Waals surface area contributed by atoms with Crippen LogP contribution in [0.25, 0.3) is 0 Å². The van der Waals surface area contributed by atoms with Crippen molar-refractivity contribution in [3.8, 4) is 0 Å². The molecule has 0 aliphatic carbocycles. The lowest BCUT2D eigenvalue weighted by Gasteiger charge is -2.22. The molecule has 0 bridgehead atoms. The minimum Gasteiger partial charge on any atom is -0.353 e.